The van der Waals surface area contributed by atoms with Crippen molar-refractivity contribution >= 4 is 11.7 Å². The minimum absolute atomic E-state index is 0.234. The summed E-state index contributed by atoms with van der Waals surface area (Å²) in [4.78, 5) is 16.6. The molecule has 4 nitrogen and oxygen atoms in total. The molecule has 4 rings (SSSR count). The van der Waals surface area contributed by atoms with Crippen molar-refractivity contribution in [2.75, 3.05) is 7.11 Å². The Hall–Kier alpha value is -2.67. The zero-order valence-electron chi connectivity index (χ0n) is 18.9. The summed E-state index contributed by atoms with van der Waals surface area (Å²) in [7, 11) is 1.04. The highest BCUT2D eigenvalue weighted by Crippen LogP contribution is 2.55. The lowest BCUT2D eigenvalue weighted by Crippen LogP contribution is -2.60. The van der Waals surface area contributed by atoms with Gasteiger partial charge in [0, 0.05) is 17.5 Å². The first-order chi connectivity index (χ1) is 15.5. The number of carbonyl (C=O) groups is 1. The van der Waals surface area contributed by atoms with Crippen molar-refractivity contribution in [3.05, 3.63) is 60.2 Å². The molecule has 0 amide bonds. The second kappa shape index (κ2) is 8.28. The number of carbonyl (C=O) groups excluding carboxylic acids is 1. The third kappa shape index (κ3) is 4.19. The number of ether oxygens (including phenoxy) is 1. The molecule has 176 valence electrons. The molecule has 1 fully saturated rings. The average molecular weight is 460 g/mol. The van der Waals surface area contributed by atoms with E-state index in [2.05, 4.69) is 4.99 Å². The lowest BCUT2D eigenvalue weighted by molar-refractivity contribution is -0.282. The van der Waals surface area contributed by atoms with E-state index in [0.29, 0.717) is 24.1 Å². The molecular formula is C26H28F3NO3. The lowest BCUT2D eigenvalue weighted by Gasteiger charge is -2.49. The maximum atomic E-state index is 14.2. The molecule has 2 aliphatic rings. The number of aliphatic imine (C=N–C) groups is 1. The molecule has 1 aliphatic carbocycles. The number of halogens is 3. The average Bonchev–Trinajstić information content (AvgIpc) is 2.77. The van der Waals surface area contributed by atoms with Gasteiger partial charge in [0.05, 0.1) is 7.11 Å². The number of alkyl halides is 3. The first kappa shape index (κ1) is 23.5. The van der Waals surface area contributed by atoms with Gasteiger partial charge in [-0.15, -0.1) is 0 Å². The van der Waals surface area contributed by atoms with E-state index in [4.69, 9.17) is 4.74 Å². The lowest BCUT2D eigenvalue weighted by atomic mass is 9.60. The molecule has 1 N–H and O–H groups in total. The van der Waals surface area contributed by atoms with Gasteiger partial charge >= 0.3 is 12.1 Å². The molecule has 4 atom stereocenters. The summed E-state index contributed by atoms with van der Waals surface area (Å²) in [5.41, 5.74) is -1.00. The Morgan fingerprint density at radius 3 is 2.24 bits per heavy atom. The first-order valence-corrected chi connectivity index (χ1v) is 11.1. The minimum Gasteiger partial charge on any atom is -0.469 e. The number of methoxy groups -OCH3 is 1. The monoisotopic (exact) mass is 459 g/mol. The van der Waals surface area contributed by atoms with Gasteiger partial charge in [-0.05, 0) is 41.4 Å². The maximum Gasteiger partial charge on any atom is 0.439 e. The minimum atomic E-state index is -5.13. The third-order valence-electron chi connectivity index (χ3n) is 7.04. The molecule has 1 aliphatic heterocycles. The number of rotatable bonds is 3. The summed E-state index contributed by atoms with van der Waals surface area (Å²) in [6.45, 7) is 3.96. The molecule has 0 bridgehead atoms. The summed E-state index contributed by atoms with van der Waals surface area (Å²) in [5, 5.41) is 10.9. The van der Waals surface area contributed by atoms with Crippen molar-refractivity contribution in [1.82, 2.24) is 0 Å². The summed E-state index contributed by atoms with van der Waals surface area (Å²) < 4.78 is 47.5. The Labute approximate surface area is 191 Å². The Morgan fingerprint density at radius 1 is 1.06 bits per heavy atom. The van der Waals surface area contributed by atoms with Crippen molar-refractivity contribution in [3.63, 3.8) is 0 Å². The van der Waals surface area contributed by atoms with Crippen LogP contribution in [0.3, 0.4) is 0 Å². The van der Waals surface area contributed by atoms with Crippen LogP contribution in [0, 0.1) is 17.3 Å². The number of nitrogens with zero attached hydrogens (tertiary/aromatic N) is 1. The smallest absolute Gasteiger partial charge is 0.439 e. The van der Waals surface area contributed by atoms with Gasteiger partial charge < -0.3 is 9.84 Å². The van der Waals surface area contributed by atoms with Gasteiger partial charge in [-0.1, -0.05) is 68.4 Å². The van der Waals surface area contributed by atoms with Gasteiger partial charge in [-0.25, -0.2) is 0 Å². The van der Waals surface area contributed by atoms with Crippen LogP contribution in [0.2, 0.25) is 0 Å². The van der Waals surface area contributed by atoms with Crippen molar-refractivity contribution in [2.45, 2.75) is 50.9 Å². The van der Waals surface area contributed by atoms with Crippen LogP contribution in [0.25, 0.3) is 11.1 Å². The van der Waals surface area contributed by atoms with E-state index in [1.807, 2.05) is 56.3 Å². The Bertz CT molecular complexity index is 1050. The largest absolute Gasteiger partial charge is 0.469 e. The zero-order valence-corrected chi connectivity index (χ0v) is 18.9. The van der Waals surface area contributed by atoms with E-state index in [1.165, 1.54) is 0 Å². The third-order valence-corrected chi connectivity index (χ3v) is 7.04. The van der Waals surface area contributed by atoms with E-state index in [1.54, 1.807) is 12.1 Å². The highest BCUT2D eigenvalue weighted by atomic mass is 19.4. The van der Waals surface area contributed by atoms with Crippen molar-refractivity contribution in [2.24, 2.45) is 22.2 Å². The summed E-state index contributed by atoms with van der Waals surface area (Å²) in [6, 6.07) is 16.8. The quantitative estimate of drug-likeness (QED) is 0.594. The zero-order chi connectivity index (χ0) is 24.0. The predicted octanol–water partition coefficient (Wildman–Crippen LogP) is 5.76. The van der Waals surface area contributed by atoms with Crippen LogP contribution in [0.4, 0.5) is 13.2 Å². The molecular weight excluding hydrogens is 431 g/mol. The molecule has 33 heavy (non-hydrogen) atoms. The summed E-state index contributed by atoms with van der Waals surface area (Å²) >= 11 is 0. The van der Waals surface area contributed by atoms with Gasteiger partial charge in [0.1, 0.15) is 5.92 Å². The van der Waals surface area contributed by atoms with Gasteiger partial charge in [0.15, 0.2) is 0 Å². The van der Waals surface area contributed by atoms with Gasteiger partial charge in [-0.2, -0.15) is 13.2 Å². The number of fused-ring (bicyclic) bond motifs is 1. The summed E-state index contributed by atoms with van der Waals surface area (Å²) in [6.07, 6.45) is -3.43. The topological polar surface area (TPSA) is 58.9 Å². The number of aliphatic hydroxyl groups is 1. The molecule has 2 aromatic rings. The molecule has 0 radical (unpaired) electrons. The molecule has 0 spiro atoms. The van der Waals surface area contributed by atoms with E-state index < -0.39 is 29.7 Å². The van der Waals surface area contributed by atoms with Gasteiger partial charge in [0.2, 0.25) is 0 Å². The van der Waals surface area contributed by atoms with Crippen LogP contribution < -0.4 is 0 Å². The molecule has 1 saturated carbocycles. The molecule has 0 saturated heterocycles. The highest BCUT2D eigenvalue weighted by molar-refractivity contribution is 5.92. The van der Waals surface area contributed by atoms with Crippen LogP contribution in [0.15, 0.2) is 59.6 Å². The Balaban J connectivity index is 1.85. The van der Waals surface area contributed by atoms with E-state index in [-0.39, 0.29) is 11.3 Å². The fourth-order valence-electron chi connectivity index (χ4n) is 5.33. The van der Waals surface area contributed by atoms with E-state index >= 15 is 0 Å². The number of benzene rings is 2. The van der Waals surface area contributed by atoms with Crippen LogP contribution in [0.5, 0.6) is 0 Å². The fourth-order valence-corrected chi connectivity index (χ4v) is 5.33. The normalized spacial score (nSPS) is 29.1. The number of hydrogen-bond acceptors (Lipinski definition) is 4. The van der Waals surface area contributed by atoms with Gasteiger partial charge in [-0.3, -0.25) is 9.79 Å². The van der Waals surface area contributed by atoms with Crippen LogP contribution >= 0.6 is 0 Å². The fraction of sp³-hybridized carbons (Fsp3) is 0.462. The highest BCUT2D eigenvalue weighted by Gasteiger charge is 2.67. The maximum absolute atomic E-state index is 14.2. The van der Waals surface area contributed by atoms with Crippen molar-refractivity contribution in [3.8, 4) is 11.1 Å². The van der Waals surface area contributed by atoms with Crippen molar-refractivity contribution < 1.29 is 27.8 Å². The van der Waals surface area contributed by atoms with E-state index in [9.17, 15) is 23.1 Å². The van der Waals surface area contributed by atoms with Crippen LogP contribution in [-0.4, -0.2) is 35.8 Å². The SMILES string of the molecule is COC(=O)C1C(c2ccc(-c3ccccc3)cc2)C2CCC(C)(C)CC2=NC1(O)C(F)(F)F. The second-order valence-electron chi connectivity index (χ2n) is 9.83. The number of esters is 1. The molecule has 0 aromatic heterocycles. The number of hydrogen-bond donors (Lipinski definition) is 1. The van der Waals surface area contributed by atoms with Crippen LogP contribution in [0.1, 0.15) is 44.6 Å². The van der Waals surface area contributed by atoms with Gasteiger partial charge in [0.25, 0.3) is 5.72 Å². The molecule has 4 unspecified atom stereocenters. The standard InChI is InChI=1S/C26H28F3NO3/c1-24(2)14-13-19-20(15-24)30-25(32,26(27,28)29)22(23(31)33-3)21(19)18-11-9-17(10-12-18)16-7-5-4-6-8-16/h4-12,19,21-22,32H,13-15H2,1-3H3. The van der Waals surface area contributed by atoms with E-state index in [0.717, 1.165) is 24.7 Å². The molecule has 2 aromatic carbocycles. The Kier molecular flexibility index (Phi) is 5.89. The molecule has 7 heteroatoms. The summed E-state index contributed by atoms with van der Waals surface area (Å²) in [5.74, 6) is -4.29. The predicted molar refractivity (Wildman–Crippen MR) is 120 cm³/mol. The van der Waals surface area contributed by atoms with Crippen LogP contribution in [-0.2, 0) is 9.53 Å². The molecule has 1 heterocycles. The second-order valence-corrected chi connectivity index (χ2v) is 9.83. The van der Waals surface area contributed by atoms with Crippen molar-refractivity contribution in [1.29, 1.82) is 0 Å². The Morgan fingerprint density at radius 2 is 1.67 bits per heavy atom. The first-order valence-electron chi connectivity index (χ1n) is 11.1.